The first-order valence-corrected chi connectivity index (χ1v) is 3.93. The maximum absolute atomic E-state index is 10.9. The second-order valence-electron chi connectivity index (χ2n) is 2.34. The molecule has 0 aromatic rings. The number of nitrogens with one attached hydrogen (secondary N) is 3. The lowest BCUT2D eigenvalue weighted by Gasteiger charge is -2.13. The van der Waals surface area contributed by atoms with Gasteiger partial charge in [0, 0.05) is 14.1 Å². The molecule has 0 aliphatic rings. The number of amides is 2. The summed E-state index contributed by atoms with van der Waals surface area (Å²) in [6.07, 6.45) is 4.99. The summed E-state index contributed by atoms with van der Waals surface area (Å²) >= 11 is 4.77. The highest BCUT2D eigenvalue weighted by Gasteiger charge is 2.01. The third kappa shape index (κ3) is 5.75. The first-order valence-electron chi connectivity index (χ1n) is 3.52. The first kappa shape index (κ1) is 11.5. The number of hydrazine groups is 1. The van der Waals surface area contributed by atoms with Crippen molar-refractivity contribution in [1.82, 2.24) is 21.1 Å². The lowest BCUT2D eigenvalue weighted by atomic mass is 10.7. The molecule has 0 saturated carbocycles. The number of terminal acetylenes is 1. The Morgan fingerprint density at radius 3 is 2.62 bits per heavy atom. The van der Waals surface area contributed by atoms with Crippen LogP contribution in [0.15, 0.2) is 0 Å². The highest BCUT2D eigenvalue weighted by atomic mass is 32.1. The van der Waals surface area contributed by atoms with Crippen molar-refractivity contribution in [3.63, 3.8) is 0 Å². The summed E-state index contributed by atoms with van der Waals surface area (Å²) in [5, 5.41) is 2.96. The van der Waals surface area contributed by atoms with Crippen molar-refractivity contribution >= 4 is 23.4 Å². The number of nitrogens with zero attached hydrogens (tertiary/aromatic N) is 1. The monoisotopic (exact) mass is 200 g/mol. The van der Waals surface area contributed by atoms with Crippen LogP contribution < -0.4 is 16.2 Å². The van der Waals surface area contributed by atoms with Gasteiger partial charge in [-0.3, -0.25) is 5.43 Å². The molecule has 2 amide bonds. The molecule has 0 atom stereocenters. The van der Waals surface area contributed by atoms with Crippen molar-refractivity contribution in [2.45, 2.75) is 0 Å². The van der Waals surface area contributed by atoms with Crippen molar-refractivity contribution in [2.75, 3.05) is 20.6 Å². The van der Waals surface area contributed by atoms with Crippen molar-refractivity contribution in [3.05, 3.63) is 0 Å². The fraction of sp³-hybridized carbons (Fsp3) is 0.429. The third-order valence-electron chi connectivity index (χ3n) is 1.04. The molecule has 0 bridgehead atoms. The highest BCUT2D eigenvalue weighted by molar-refractivity contribution is 7.80. The van der Waals surface area contributed by atoms with Gasteiger partial charge in [-0.2, -0.15) is 0 Å². The van der Waals surface area contributed by atoms with Gasteiger partial charge in [0.2, 0.25) is 0 Å². The topological polar surface area (TPSA) is 56.4 Å². The molecule has 72 valence electrons. The van der Waals surface area contributed by atoms with Crippen LogP contribution >= 0.6 is 12.2 Å². The van der Waals surface area contributed by atoms with Gasteiger partial charge < -0.3 is 10.2 Å². The van der Waals surface area contributed by atoms with Crippen LogP contribution in [0.4, 0.5) is 4.79 Å². The van der Waals surface area contributed by atoms with E-state index in [2.05, 4.69) is 22.1 Å². The molecule has 0 fully saturated rings. The van der Waals surface area contributed by atoms with Crippen LogP contribution in [-0.4, -0.2) is 36.7 Å². The summed E-state index contributed by atoms with van der Waals surface area (Å²) in [5.41, 5.74) is 4.84. The zero-order chi connectivity index (χ0) is 10.3. The highest BCUT2D eigenvalue weighted by Crippen LogP contribution is 1.73. The molecule has 0 spiro atoms. The molecular weight excluding hydrogens is 188 g/mol. The van der Waals surface area contributed by atoms with Gasteiger partial charge in [0.15, 0.2) is 5.11 Å². The normalized spacial score (nSPS) is 8.08. The van der Waals surface area contributed by atoms with Crippen LogP contribution in [0, 0.1) is 12.3 Å². The van der Waals surface area contributed by atoms with E-state index in [1.54, 1.807) is 14.1 Å². The van der Waals surface area contributed by atoms with Gasteiger partial charge in [0.1, 0.15) is 0 Å². The Morgan fingerprint density at radius 2 is 2.15 bits per heavy atom. The predicted molar refractivity (Wildman–Crippen MR) is 54.8 cm³/mol. The van der Waals surface area contributed by atoms with Gasteiger partial charge >= 0.3 is 6.03 Å². The Morgan fingerprint density at radius 1 is 1.54 bits per heavy atom. The maximum Gasteiger partial charge on any atom is 0.335 e. The Balaban J connectivity index is 3.59. The molecule has 0 unspecified atom stereocenters. The van der Waals surface area contributed by atoms with E-state index in [1.165, 1.54) is 4.90 Å². The van der Waals surface area contributed by atoms with E-state index in [1.807, 2.05) is 0 Å². The summed E-state index contributed by atoms with van der Waals surface area (Å²) in [5.74, 6) is 2.35. The zero-order valence-electron chi connectivity index (χ0n) is 7.55. The minimum atomic E-state index is -0.287. The lowest BCUT2D eigenvalue weighted by molar-refractivity contribution is 0.215. The number of carbonyl (C=O) groups is 1. The van der Waals surface area contributed by atoms with Gasteiger partial charge in [-0.25, -0.2) is 10.2 Å². The van der Waals surface area contributed by atoms with E-state index in [4.69, 9.17) is 18.6 Å². The molecule has 0 heterocycles. The van der Waals surface area contributed by atoms with Crippen LogP contribution in [0.5, 0.6) is 0 Å². The Labute approximate surface area is 82.8 Å². The number of carbonyl (C=O) groups excluding carboxylic acids is 1. The van der Waals surface area contributed by atoms with Crippen LogP contribution in [0.2, 0.25) is 0 Å². The minimum absolute atomic E-state index is 0.285. The molecule has 0 aromatic heterocycles. The third-order valence-corrected chi connectivity index (χ3v) is 1.29. The molecule has 0 radical (unpaired) electrons. The summed E-state index contributed by atoms with van der Waals surface area (Å²) in [6, 6.07) is -0.287. The van der Waals surface area contributed by atoms with Crippen LogP contribution in [-0.2, 0) is 0 Å². The maximum atomic E-state index is 10.9. The average Bonchev–Trinajstić information content (AvgIpc) is 2.10. The second kappa shape index (κ2) is 6.08. The number of thiocarbonyl (C=S) groups is 1. The average molecular weight is 200 g/mol. The molecule has 0 rings (SSSR count). The summed E-state index contributed by atoms with van der Waals surface area (Å²) < 4.78 is 0. The summed E-state index contributed by atoms with van der Waals surface area (Å²) in [4.78, 5) is 12.3. The van der Waals surface area contributed by atoms with Crippen molar-refractivity contribution < 1.29 is 4.79 Å². The standard InChI is InChI=1S/C7H12N4OS/c1-4-5-8-6(13)9-10-7(12)11(2)3/h1H,5H2,2-3H3,(H,10,12)(H2,8,9,13). The summed E-state index contributed by atoms with van der Waals surface area (Å²) in [7, 11) is 3.24. The molecule has 3 N–H and O–H groups in total. The molecule has 5 nitrogen and oxygen atoms in total. The quantitative estimate of drug-likeness (QED) is 0.297. The number of hydrogen-bond donors (Lipinski definition) is 3. The van der Waals surface area contributed by atoms with Crippen LogP contribution in [0.1, 0.15) is 0 Å². The van der Waals surface area contributed by atoms with Gasteiger partial charge in [-0.05, 0) is 12.2 Å². The summed E-state index contributed by atoms with van der Waals surface area (Å²) in [6.45, 7) is 0.323. The van der Waals surface area contributed by atoms with Gasteiger partial charge in [-0.1, -0.05) is 5.92 Å². The largest absolute Gasteiger partial charge is 0.350 e. The van der Waals surface area contributed by atoms with E-state index in [0.717, 1.165) is 0 Å². The van der Waals surface area contributed by atoms with E-state index in [9.17, 15) is 4.79 Å². The Kier molecular flexibility index (Phi) is 5.39. The predicted octanol–water partition coefficient (Wildman–Crippen LogP) is -0.730. The Bertz CT molecular complexity index is 233. The molecule has 0 saturated heterocycles. The smallest absolute Gasteiger partial charge is 0.335 e. The number of rotatable bonds is 1. The van der Waals surface area contributed by atoms with Crippen molar-refractivity contribution in [2.24, 2.45) is 0 Å². The molecule has 0 aliphatic heterocycles. The van der Waals surface area contributed by atoms with Gasteiger partial charge in [-0.15, -0.1) is 6.42 Å². The van der Waals surface area contributed by atoms with Crippen LogP contribution in [0.3, 0.4) is 0 Å². The van der Waals surface area contributed by atoms with Gasteiger partial charge in [0.25, 0.3) is 0 Å². The molecule has 0 aliphatic carbocycles. The fourth-order valence-electron chi connectivity index (χ4n) is 0.398. The molecular formula is C7H12N4OS. The van der Waals surface area contributed by atoms with Crippen molar-refractivity contribution in [3.8, 4) is 12.3 Å². The van der Waals surface area contributed by atoms with E-state index in [-0.39, 0.29) is 11.1 Å². The van der Waals surface area contributed by atoms with Crippen LogP contribution in [0.25, 0.3) is 0 Å². The van der Waals surface area contributed by atoms with E-state index < -0.39 is 0 Å². The fourth-order valence-corrected chi connectivity index (χ4v) is 0.521. The minimum Gasteiger partial charge on any atom is -0.350 e. The van der Waals surface area contributed by atoms with E-state index >= 15 is 0 Å². The number of hydrogen-bond acceptors (Lipinski definition) is 2. The van der Waals surface area contributed by atoms with Gasteiger partial charge in [0.05, 0.1) is 6.54 Å². The molecule has 0 aromatic carbocycles. The van der Waals surface area contributed by atoms with E-state index in [0.29, 0.717) is 6.54 Å². The zero-order valence-corrected chi connectivity index (χ0v) is 8.36. The SMILES string of the molecule is C#CCNC(=S)NNC(=O)N(C)C. The second-order valence-corrected chi connectivity index (χ2v) is 2.74. The Hall–Kier alpha value is -1.48. The van der Waals surface area contributed by atoms with Crippen molar-refractivity contribution in [1.29, 1.82) is 0 Å². The molecule has 6 heteroatoms. The lowest BCUT2D eigenvalue weighted by Crippen LogP contribution is -2.49. The number of urea groups is 1. The molecule has 13 heavy (non-hydrogen) atoms. The first-order chi connectivity index (χ1) is 6.07.